The Morgan fingerprint density at radius 2 is 2.40 bits per heavy atom. The number of nitrogens with zero attached hydrogens (tertiary/aromatic N) is 1. The van der Waals surface area contributed by atoms with Crippen molar-refractivity contribution in [2.45, 2.75) is 0 Å². The number of carbonyl (C=O) groups is 1. The molecule has 2 aromatic heterocycles. The van der Waals surface area contributed by atoms with Crippen molar-refractivity contribution in [3.63, 3.8) is 0 Å². The van der Waals surface area contributed by atoms with E-state index in [2.05, 4.69) is 20.9 Å². The molecule has 0 aromatic carbocycles. The van der Waals surface area contributed by atoms with Gasteiger partial charge in [-0.15, -0.1) is 0 Å². The summed E-state index contributed by atoms with van der Waals surface area (Å²) >= 11 is 4.30. The monoisotopic (exact) mass is 288 g/mol. The quantitative estimate of drug-likeness (QED) is 0.886. The van der Waals surface area contributed by atoms with Gasteiger partial charge in [0.15, 0.2) is 10.4 Å². The molecule has 15 heavy (non-hydrogen) atoms. The molecule has 2 rings (SSSR count). The van der Waals surface area contributed by atoms with Crippen LogP contribution in [0.5, 0.6) is 0 Å². The third-order valence-corrected chi connectivity index (χ3v) is 3.24. The minimum absolute atomic E-state index is 0.122. The highest BCUT2D eigenvalue weighted by Gasteiger charge is 2.18. The van der Waals surface area contributed by atoms with Crippen LogP contribution in [0.2, 0.25) is 0 Å². The molecule has 2 heterocycles. The molecule has 5 nitrogen and oxygen atoms in total. The molecule has 3 N–H and O–H groups in total. The normalized spacial score (nSPS) is 10.5. The number of furan rings is 1. The van der Waals surface area contributed by atoms with Gasteiger partial charge in [-0.3, -0.25) is 0 Å². The molecule has 0 amide bonds. The highest BCUT2D eigenvalue weighted by Crippen LogP contribution is 2.34. The van der Waals surface area contributed by atoms with Crippen molar-refractivity contribution in [3.05, 3.63) is 22.7 Å². The standard InChI is InChI=1S/C8H5BrN2O3S/c9-5-3(1-2-14-5)7-11-4(8(12)13)6(10)15-7/h1-2H,10H2,(H,12,13). The molecule has 2 aromatic rings. The van der Waals surface area contributed by atoms with Gasteiger partial charge in [0.1, 0.15) is 10.0 Å². The van der Waals surface area contributed by atoms with Crippen LogP contribution in [0.25, 0.3) is 10.6 Å². The van der Waals surface area contributed by atoms with Crippen molar-refractivity contribution < 1.29 is 14.3 Å². The Balaban J connectivity index is 2.52. The van der Waals surface area contributed by atoms with E-state index in [1.165, 1.54) is 6.26 Å². The summed E-state index contributed by atoms with van der Waals surface area (Å²) in [5.41, 5.74) is 6.10. The van der Waals surface area contributed by atoms with Gasteiger partial charge in [0.25, 0.3) is 0 Å². The van der Waals surface area contributed by atoms with Gasteiger partial charge in [-0.05, 0) is 22.0 Å². The molecule has 0 aliphatic heterocycles. The number of hydrogen-bond acceptors (Lipinski definition) is 5. The zero-order valence-electron chi connectivity index (χ0n) is 7.23. The van der Waals surface area contributed by atoms with Crippen LogP contribution in [0.3, 0.4) is 0 Å². The van der Waals surface area contributed by atoms with Gasteiger partial charge in [-0.1, -0.05) is 11.3 Å². The Morgan fingerprint density at radius 3 is 2.87 bits per heavy atom. The highest BCUT2D eigenvalue weighted by molar-refractivity contribution is 9.10. The molecule has 0 radical (unpaired) electrons. The molecular weight excluding hydrogens is 284 g/mol. The summed E-state index contributed by atoms with van der Waals surface area (Å²) in [7, 11) is 0. The lowest BCUT2D eigenvalue weighted by Crippen LogP contribution is -2.00. The van der Waals surface area contributed by atoms with Gasteiger partial charge < -0.3 is 15.3 Å². The molecule has 0 saturated carbocycles. The zero-order chi connectivity index (χ0) is 11.0. The fourth-order valence-electron chi connectivity index (χ4n) is 1.05. The number of aromatic nitrogens is 1. The lowest BCUT2D eigenvalue weighted by Gasteiger charge is -1.88. The van der Waals surface area contributed by atoms with Crippen LogP contribution in [0.1, 0.15) is 10.5 Å². The molecule has 0 unspecified atom stereocenters. The van der Waals surface area contributed by atoms with Crippen molar-refractivity contribution in [2.75, 3.05) is 5.73 Å². The van der Waals surface area contributed by atoms with Gasteiger partial charge in [0.2, 0.25) is 0 Å². The van der Waals surface area contributed by atoms with Crippen molar-refractivity contribution in [1.29, 1.82) is 0 Å². The van der Waals surface area contributed by atoms with E-state index in [1.807, 2.05) is 0 Å². The minimum Gasteiger partial charge on any atom is -0.476 e. The number of thiazole rings is 1. The Kier molecular flexibility index (Phi) is 2.49. The van der Waals surface area contributed by atoms with E-state index in [-0.39, 0.29) is 10.7 Å². The van der Waals surface area contributed by atoms with Crippen LogP contribution < -0.4 is 5.73 Å². The fraction of sp³-hybridized carbons (Fsp3) is 0. The van der Waals surface area contributed by atoms with E-state index in [0.717, 1.165) is 11.3 Å². The maximum Gasteiger partial charge on any atom is 0.357 e. The van der Waals surface area contributed by atoms with Gasteiger partial charge >= 0.3 is 5.97 Å². The van der Waals surface area contributed by atoms with E-state index < -0.39 is 5.97 Å². The first-order valence-electron chi connectivity index (χ1n) is 3.82. The molecule has 0 aliphatic rings. The zero-order valence-corrected chi connectivity index (χ0v) is 9.63. The van der Waals surface area contributed by atoms with Crippen molar-refractivity contribution in [3.8, 4) is 10.6 Å². The molecule has 7 heteroatoms. The number of carboxylic acids is 1. The molecule has 0 saturated heterocycles. The molecule has 78 valence electrons. The number of hydrogen-bond donors (Lipinski definition) is 2. The number of rotatable bonds is 2. The lowest BCUT2D eigenvalue weighted by molar-refractivity contribution is 0.0692. The smallest absolute Gasteiger partial charge is 0.357 e. The fourth-order valence-corrected chi connectivity index (χ4v) is 2.45. The van der Waals surface area contributed by atoms with Gasteiger partial charge in [-0.25, -0.2) is 9.78 Å². The lowest BCUT2D eigenvalue weighted by atomic mass is 10.3. The third kappa shape index (κ3) is 1.75. The number of carboxylic acid groups (broad SMARTS) is 1. The number of nitrogens with two attached hydrogens (primary N) is 1. The van der Waals surface area contributed by atoms with Crippen LogP contribution in [0.15, 0.2) is 21.4 Å². The van der Waals surface area contributed by atoms with Crippen molar-refractivity contribution in [1.82, 2.24) is 4.98 Å². The first-order valence-corrected chi connectivity index (χ1v) is 5.43. The van der Waals surface area contributed by atoms with Crippen LogP contribution in [0, 0.1) is 0 Å². The van der Waals surface area contributed by atoms with E-state index >= 15 is 0 Å². The summed E-state index contributed by atoms with van der Waals surface area (Å²) in [5, 5.41) is 9.48. The van der Waals surface area contributed by atoms with E-state index in [0.29, 0.717) is 15.2 Å². The largest absolute Gasteiger partial charge is 0.476 e. The third-order valence-electron chi connectivity index (χ3n) is 1.70. The molecule has 0 bridgehead atoms. The maximum absolute atomic E-state index is 10.7. The summed E-state index contributed by atoms with van der Waals surface area (Å²) in [6, 6.07) is 1.69. The molecule has 0 fully saturated rings. The topological polar surface area (TPSA) is 89.4 Å². The molecule has 0 spiro atoms. The van der Waals surface area contributed by atoms with Gasteiger partial charge in [0.05, 0.1) is 11.8 Å². The first kappa shape index (κ1) is 10.2. The molecule has 0 aliphatic carbocycles. The number of aromatic carboxylic acids is 1. The first-order chi connectivity index (χ1) is 7.09. The van der Waals surface area contributed by atoms with E-state index in [1.54, 1.807) is 6.07 Å². The average Bonchev–Trinajstić information content (AvgIpc) is 2.71. The SMILES string of the molecule is Nc1sc(-c2ccoc2Br)nc1C(=O)O. The summed E-state index contributed by atoms with van der Waals surface area (Å²) in [5.74, 6) is -1.13. The highest BCUT2D eigenvalue weighted by atomic mass is 79.9. The predicted octanol–water partition coefficient (Wildman–Crippen LogP) is 2.45. The van der Waals surface area contributed by atoms with Crippen LogP contribution in [-0.4, -0.2) is 16.1 Å². The number of halogens is 1. The second-order valence-corrected chi connectivity index (χ2v) is 4.40. The second kappa shape index (κ2) is 3.67. The molecule has 0 atom stereocenters. The Bertz CT molecular complexity index is 520. The second-order valence-electron chi connectivity index (χ2n) is 2.65. The Labute approximate surface area is 96.7 Å². The number of nitrogen functional groups attached to an aromatic ring is 1. The van der Waals surface area contributed by atoms with Crippen LogP contribution in [-0.2, 0) is 0 Å². The molecular formula is C8H5BrN2O3S. The van der Waals surface area contributed by atoms with Crippen LogP contribution >= 0.6 is 27.3 Å². The van der Waals surface area contributed by atoms with Gasteiger partial charge in [-0.2, -0.15) is 0 Å². The predicted molar refractivity (Wildman–Crippen MR) is 58.9 cm³/mol. The average molecular weight is 289 g/mol. The minimum atomic E-state index is -1.13. The van der Waals surface area contributed by atoms with Crippen molar-refractivity contribution >= 4 is 38.2 Å². The number of anilines is 1. The summed E-state index contributed by atoms with van der Waals surface area (Å²) in [6.07, 6.45) is 1.48. The Morgan fingerprint density at radius 1 is 1.67 bits per heavy atom. The van der Waals surface area contributed by atoms with Crippen molar-refractivity contribution in [2.24, 2.45) is 0 Å². The summed E-state index contributed by atoms with van der Waals surface area (Å²) in [6.45, 7) is 0. The van der Waals surface area contributed by atoms with Crippen LogP contribution in [0.4, 0.5) is 5.00 Å². The summed E-state index contributed by atoms with van der Waals surface area (Å²) in [4.78, 5) is 14.6. The van der Waals surface area contributed by atoms with Gasteiger partial charge in [0, 0.05) is 0 Å². The maximum atomic E-state index is 10.7. The summed E-state index contributed by atoms with van der Waals surface area (Å²) < 4.78 is 5.53. The van der Waals surface area contributed by atoms with E-state index in [9.17, 15) is 4.79 Å². The van der Waals surface area contributed by atoms with E-state index in [4.69, 9.17) is 15.3 Å². The Hall–Kier alpha value is -1.34.